The highest BCUT2D eigenvalue weighted by Gasteiger charge is 2.17. The molecule has 0 bridgehead atoms. The van der Waals surface area contributed by atoms with Crippen LogP contribution in [0.1, 0.15) is 25.6 Å². The van der Waals surface area contributed by atoms with Gasteiger partial charge in [0.05, 0.1) is 20.5 Å². The van der Waals surface area contributed by atoms with Crippen molar-refractivity contribution in [3.05, 3.63) is 75.6 Å². The van der Waals surface area contributed by atoms with Gasteiger partial charge in [0.25, 0.3) is 11.8 Å². The second kappa shape index (κ2) is 9.24. The molecule has 0 radical (unpaired) electrons. The lowest BCUT2D eigenvalue weighted by atomic mass is 10.2. The molecule has 6 nitrogen and oxygen atoms in total. The highest BCUT2D eigenvalue weighted by atomic mass is 35.5. The molecule has 0 fully saturated rings. The predicted molar refractivity (Wildman–Crippen MR) is 114 cm³/mol. The molecule has 0 atom stereocenters. The van der Waals surface area contributed by atoms with Crippen molar-refractivity contribution in [2.75, 3.05) is 17.2 Å². The molecule has 3 rings (SSSR count). The molecular formula is C21H16ClN3O3S. The Balaban J connectivity index is 1.71. The summed E-state index contributed by atoms with van der Waals surface area (Å²) in [6.45, 7) is 1.72. The van der Waals surface area contributed by atoms with Crippen molar-refractivity contribution in [2.24, 2.45) is 0 Å². The van der Waals surface area contributed by atoms with Crippen molar-refractivity contribution in [3.8, 4) is 11.8 Å². The van der Waals surface area contributed by atoms with Gasteiger partial charge in [-0.15, -0.1) is 11.3 Å². The van der Waals surface area contributed by atoms with Crippen molar-refractivity contribution < 1.29 is 14.3 Å². The molecule has 0 aliphatic carbocycles. The van der Waals surface area contributed by atoms with E-state index in [0.29, 0.717) is 31.9 Å². The van der Waals surface area contributed by atoms with Crippen LogP contribution in [0, 0.1) is 18.3 Å². The topological polar surface area (TPSA) is 91.2 Å². The van der Waals surface area contributed by atoms with E-state index in [1.807, 2.05) is 6.07 Å². The number of hydrogen-bond donors (Lipinski definition) is 2. The lowest BCUT2D eigenvalue weighted by Gasteiger charge is -2.07. The van der Waals surface area contributed by atoms with Crippen LogP contribution in [0.3, 0.4) is 0 Å². The minimum Gasteiger partial charge on any atom is -0.479 e. The number of ether oxygens (including phenoxy) is 1. The van der Waals surface area contributed by atoms with Gasteiger partial charge in [-0.3, -0.25) is 9.59 Å². The third-order valence-corrected chi connectivity index (χ3v) is 5.36. The molecular weight excluding hydrogens is 410 g/mol. The van der Waals surface area contributed by atoms with Crippen LogP contribution in [0.15, 0.2) is 54.6 Å². The SMILES string of the molecule is Cc1cc(NC(=O)c2ccccc2Cl)sc1C(=O)Nc1cccc(OCC#N)c1. The Morgan fingerprint density at radius 3 is 2.66 bits per heavy atom. The van der Waals surface area contributed by atoms with Gasteiger partial charge < -0.3 is 15.4 Å². The van der Waals surface area contributed by atoms with Crippen molar-refractivity contribution in [2.45, 2.75) is 6.92 Å². The number of halogens is 1. The van der Waals surface area contributed by atoms with Crippen LogP contribution in [0.5, 0.6) is 5.75 Å². The number of nitriles is 1. The average Bonchev–Trinajstić information content (AvgIpc) is 3.07. The minimum atomic E-state index is -0.342. The van der Waals surface area contributed by atoms with Crippen molar-refractivity contribution in [3.63, 3.8) is 0 Å². The Labute approximate surface area is 176 Å². The number of nitrogens with one attached hydrogen (secondary N) is 2. The summed E-state index contributed by atoms with van der Waals surface area (Å²) >= 11 is 7.23. The molecule has 0 saturated heterocycles. The van der Waals surface area contributed by atoms with Gasteiger partial charge in [0, 0.05) is 11.8 Å². The van der Waals surface area contributed by atoms with Crippen LogP contribution in [0.2, 0.25) is 5.02 Å². The Hall–Kier alpha value is -3.34. The smallest absolute Gasteiger partial charge is 0.266 e. The maximum absolute atomic E-state index is 12.7. The van der Waals surface area contributed by atoms with Gasteiger partial charge in [-0.2, -0.15) is 5.26 Å². The van der Waals surface area contributed by atoms with Gasteiger partial charge in [0.15, 0.2) is 6.61 Å². The Morgan fingerprint density at radius 1 is 1.10 bits per heavy atom. The summed E-state index contributed by atoms with van der Waals surface area (Å²) in [6.07, 6.45) is 0. The first-order valence-electron chi connectivity index (χ1n) is 8.55. The first-order chi connectivity index (χ1) is 14.0. The van der Waals surface area contributed by atoms with E-state index in [0.717, 1.165) is 5.56 Å². The summed E-state index contributed by atoms with van der Waals surface area (Å²) in [7, 11) is 0. The van der Waals surface area contributed by atoms with E-state index in [-0.39, 0.29) is 18.4 Å². The molecule has 3 aromatic rings. The summed E-state index contributed by atoms with van der Waals surface area (Å²) in [4.78, 5) is 25.5. The van der Waals surface area contributed by atoms with E-state index in [1.54, 1.807) is 61.5 Å². The maximum Gasteiger partial charge on any atom is 0.266 e. The van der Waals surface area contributed by atoms with E-state index < -0.39 is 0 Å². The predicted octanol–water partition coefficient (Wildman–Crippen LogP) is 5.12. The van der Waals surface area contributed by atoms with Crippen molar-refractivity contribution in [1.29, 1.82) is 5.26 Å². The second-order valence-corrected chi connectivity index (χ2v) is 7.44. The summed E-state index contributed by atoms with van der Waals surface area (Å²) in [6, 6.07) is 17.2. The van der Waals surface area contributed by atoms with Gasteiger partial charge in [-0.25, -0.2) is 0 Å². The monoisotopic (exact) mass is 425 g/mol. The number of rotatable bonds is 6. The van der Waals surface area contributed by atoms with Gasteiger partial charge in [0.1, 0.15) is 11.8 Å². The number of hydrogen-bond acceptors (Lipinski definition) is 5. The van der Waals surface area contributed by atoms with Gasteiger partial charge in [-0.05, 0) is 42.8 Å². The molecule has 0 unspecified atom stereocenters. The molecule has 146 valence electrons. The van der Waals surface area contributed by atoms with Gasteiger partial charge in [-0.1, -0.05) is 29.8 Å². The Kier molecular flexibility index (Phi) is 6.50. The van der Waals surface area contributed by atoms with Crippen LogP contribution < -0.4 is 15.4 Å². The van der Waals surface area contributed by atoms with Crippen LogP contribution in [-0.2, 0) is 0 Å². The summed E-state index contributed by atoms with van der Waals surface area (Å²) in [5.74, 6) is -0.158. The second-order valence-electron chi connectivity index (χ2n) is 5.99. The zero-order chi connectivity index (χ0) is 20.8. The summed E-state index contributed by atoms with van der Waals surface area (Å²) in [5, 5.41) is 15.1. The molecule has 29 heavy (non-hydrogen) atoms. The molecule has 0 aliphatic heterocycles. The molecule has 2 N–H and O–H groups in total. The van der Waals surface area contributed by atoms with E-state index in [2.05, 4.69) is 10.6 Å². The number of carbonyl (C=O) groups excluding carboxylic acids is 2. The third-order valence-electron chi connectivity index (χ3n) is 3.87. The van der Waals surface area contributed by atoms with Crippen LogP contribution >= 0.6 is 22.9 Å². The normalized spacial score (nSPS) is 10.1. The number of thiophene rings is 1. The first-order valence-corrected chi connectivity index (χ1v) is 9.75. The Bertz CT molecular complexity index is 1100. The van der Waals surface area contributed by atoms with Crippen LogP contribution in [0.4, 0.5) is 10.7 Å². The fourth-order valence-corrected chi connectivity index (χ4v) is 3.75. The summed E-state index contributed by atoms with van der Waals surface area (Å²) < 4.78 is 5.24. The van der Waals surface area contributed by atoms with E-state index in [4.69, 9.17) is 21.6 Å². The maximum atomic E-state index is 12.7. The average molecular weight is 426 g/mol. The fourth-order valence-electron chi connectivity index (χ4n) is 2.56. The number of carbonyl (C=O) groups is 2. The largest absolute Gasteiger partial charge is 0.479 e. The standard InChI is InChI=1S/C21H16ClN3O3S/c1-13-11-18(25-20(26)16-7-2-3-8-17(16)22)29-19(13)21(27)24-14-5-4-6-15(12-14)28-10-9-23/h2-8,11-12H,10H2,1H3,(H,24,27)(H,25,26). The molecule has 0 spiro atoms. The number of aryl methyl sites for hydroxylation is 1. The highest BCUT2D eigenvalue weighted by Crippen LogP contribution is 2.29. The van der Waals surface area contributed by atoms with Crippen LogP contribution in [-0.4, -0.2) is 18.4 Å². The van der Waals surface area contributed by atoms with Crippen molar-refractivity contribution in [1.82, 2.24) is 0 Å². The quantitative estimate of drug-likeness (QED) is 0.573. The van der Waals surface area contributed by atoms with Gasteiger partial charge >= 0.3 is 0 Å². The number of nitrogens with zero attached hydrogens (tertiary/aromatic N) is 1. The number of amides is 2. The van der Waals surface area contributed by atoms with E-state index in [9.17, 15) is 9.59 Å². The first kappa shape index (κ1) is 20.4. The minimum absolute atomic E-state index is 0.0735. The molecule has 2 amide bonds. The fraction of sp³-hybridized carbons (Fsp3) is 0.0952. The van der Waals surface area contributed by atoms with E-state index in [1.165, 1.54) is 11.3 Å². The molecule has 8 heteroatoms. The highest BCUT2D eigenvalue weighted by molar-refractivity contribution is 7.18. The zero-order valence-electron chi connectivity index (χ0n) is 15.4. The Morgan fingerprint density at radius 2 is 1.90 bits per heavy atom. The lowest BCUT2D eigenvalue weighted by molar-refractivity contribution is 0.102. The number of anilines is 2. The lowest BCUT2D eigenvalue weighted by Crippen LogP contribution is -2.12. The van der Waals surface area contributed by atoms with Crippen LogP contribution in [0.25, 0.3) is 0 Å². The molecule has 0 aliphatic rings. The van der Waals surface area contributed by atoms with Crippen molar-refractivity contribution >= 4 is 45.4 Å². The summed E-state index contributed by atoms with van der Waals surface area (Å²) in [5.41, 5.74) is 1.64. The third kappa shape index (κ3) is 5.13. The molecule has 1 aromatic heterocycles. The van der Waals surface area contributed by atoms with E-state index >= 15 is 0 Å². The molecule has 1 heterocycles. The zero-order valence-corrected chi connectivity index (χ0v) is 16.9. The number of benzene rings is 2. The van der Waals surface area contributed by atoms with Gasteiger partial charge in [0.2, 0.25) is 0 Å². The molecule has 2 aromatic carbocycles. The molecule has 0 saturated carbocycles.